The van der Waals surface area contributed by atoms with Crippen molar-refractivity contribution in [1.29, 1.82) is 0 Å². The van der Waals surface area contributed by atoms with E-state index in [0.717, 1.165) is 31.4 Å². The average Bonchev–Trinajstić information content (AvgIpc) is 3.29. The molecule has 0 fully saturated rings. The second-order valence-corrected chi connectivity index (χ2v) is 7.66. The Bertz CT molecular complexity index is 1160. The molecule has 2 aromatic carbocycles. The van der Waals surface area contributed by atoms with Gasteiger partial charge < -0.3 is 15.5 Å². The monoisotopic (exact) mass is 513 g/mol. The summed E-state index contributed by atoms with van der Waals surface area (Å²) >= 11 is 5.74. The Kier molecular flexibility index (Phi) is 9.15. The molecule has 0 aliphatic heterocycles. The van der Waals surface area contributed by atoms with Crippen LogP contribution in [0, 0.1) is 5.82 Å². The number of nitrogens with zero attached hydrogens (tertiary/aromatic N) is 3. The third-order valence-electron chi connectivity index (χ3n) is 4.62. The Balaban J connectivity index is 1.65. The first-order valence-electron chi connectivity index (χ1n) is 10.4. The van der Waals surface area contributed by atoms with E-state index in [0.29, 0.717) is 6.54 Å². The number of unbranched alkanes of at least 4 members (excludes halogenated alkanes) is 1. The van der Waals surface area contributed by atoms with Crippen molar-refractivity contribution in [2.75, 3.05) is 11.9 Å². The fourth-order valence-corrected chi connectivity index (χ4v) is 3.09. The van der Waals surface area contributed by atoms with Crippen molar-refractivity contribution in [2.45, 2.75) is 32.0 Å². The van der Waals surface area contributed by atoms with E-state index >= 15 is 0 Å². The number of nitrogens with one attached hydrogen (secondary N) is 2. The zero-order chi connectivity index (χ0) is 25.3. The highest BCUT2D eigenvalue weighted by molar-refractivity contribution is 6.31. The van der Waals surface area contributed by atoms with Crippen LogP contribution in [0.2, 0.25) is 5.02 Å². The molecule has 0 atom stereocenters. The second kappa shape index (κ2) is 12.3. The van der Waals surface area contributed by atoms with E-state index in [2.05, 4.69) is 43.1 Å². The molecule has 3 aromatic rings. The number of aryl methyl sites for hydroxylation is 1. The Hall–Kier alpha value is -3.51. The number of rotatable bonds is 10. The number of oxime groups is 1. The SMILES string of the molecule is O=C(ON=C(Nc1ccc(F)c(Cl)c1)c1nonc1CNCCCCc1ccccc1)C(F)(F)F. The van der Waals surface area contributed by atoms with Crippen LogP contribution in [0.3, 0.4) is 0 Å². The number of alkyl halides is 3. The maximum absolute atomic E-state index is 13.5. The predicted octanol–water partition coefficient (Wildman–Crippen LogP) is 4.85. The normalized spacial score (nSPS) is 12.0. The van der Waals surface area contributed by atoms with Gasteiger partial charge in [-0.3, -0.25) is 0 Å². The summed E-state index contributed by atoms with van der Waals surface area (Å²) in [6.45, 7) is 0.762. The van der Waals surface area contributed by atoms with Crippen molar-refractivity contribution in [2.24, 2.45) is 5.16 Å². The lowest BCUT2D eigenvalue weighted by atomic mass is 10.1. The van der Waals surface area contributed by atoms with E-state index in [-0.39, 0.29) is 28.6 Å². The number of benzene rings is 2. The van der Waals surface area contributed by atoms with Crippen LogP contribution in [0.4, 0.5) is 23.2 Å². The third-order valence-corrected chi connectivity index (χ3v) is 4.91. The summed E-state index contributed by atoms with van der Waals surface area (Å²) in [5.41, 5.74) is 1.45. The van der Waals surface area contributed by atoms with Gasteiger partial charge in [-0.25, -0.2) is 13.8 Å². The van der Waals surface area contributed by atoms with E-state index in [1.54, 1.807) is 0 Å². The van der Waals surface area contributed by atoms with Gasteiger partial charge in [-0.2, -0.15) is 13.2 Å². The van der Waals surface area contributed by atoms with Gasteiger partial charge in [0.2, 0.25) is 5.84 Å². The molecule has 0 spiro atoms. The van der Waals surface area contributed by atoms with E-state index in [4.69, 9.17) is 16.2 Å². The van der Waals surface area contributed by atoms with E-state index in [1.807, 2.05) is 18.2 Å². The van der Waals surface area contributed by atoms with Gasteiger partial charge in [-0.05, 0) is 54.7 Å². The van der Waals surface area contributed by atoms with E-state index in [9.17, 15) is 22.4 Å². The fourth-order valence-electron chi connectivity index (χ4n) is 2.91. The molecule has 0 bridgehead atoms. The molecule has 0 aliphatic rings. The highest BCUT2D eigenvalue weighted by Gasteiger charge is 2.42. The van der Waals surface area contributed by atoms with Gasteiger partial charge in [0.25, 0.3) is 0 Å². The van der Waals surface area contributed by atoms with Crippen LogP contribution in [0.5, 0.6) is 0 Å². The number of halogens is 5. The van der Waals surface area contributed by atoms with Gasteiger partial charge in [0.15, 0.2) is 5.69 Å². The molecule has 35 heavy (non-hydrogen) atoms. The van der Waals surface area contributed by atoms with Crippen LogP contribution in [-0.4, -0.2) is 34.8 Å². The molecule has 0 amide bonds. The third kappa shape index (κ3) is 8.04. The van der Waals surface area contributed by atoms with Crippen molar-refractivity contribution in [3.8, 4) is 0 Å². The number of hydrogen-bond acceptors (Lipinski definition) is 7. The van der Waals surface area contributed by atoms with Crippen LogP contribution in [0.15, 0.2) is 58.3 Å². The smallest absolute Gasteiger partial charge is 0.335 e. The van der Waals surface area contributed by atoms with Crippen molar-refractivity contribution in [1.82, 2.24) is 15.6 Å². The molecular formula is C22H20ClF4N5O3. The lowest BCUT2D eigenvalue weighted by molar-refractivity contribution is -0.199. The molecule has 0 saturated carbocycles. The number of aromatic nitrogens is 2. The molecule has 1 aromatic heterocycles. The molecule has 3 rings (SSSR count). The summed E-state index contributed by atoms with van der Waals surface area (Å²) in [7, 11) is 0. The zero-order valence-electron chi connectivity index (χ0n) is 18.1. The van der Waals surface area contributed by atoms with Gasteiger partial charge in [0.05, 0.1) is 5.02 Å². The Morgan fingerprint density at radius 3 is 2.60 bits per heavy atom. The molecule has 8 nitrogen and oxygen atoms in total. The summed E-state index contributed by atoms with van der Waals surface area (Å²) < 4.78 is 55.8. The molecule has 0 aliphatic carbocycles. The summed E-state index contributed by atoms with van der Waals surface area (Å²) in [6.07, 6.45) is -2.55. The minimum absolute atomic E-state index is 0.114. The van der Waals surface area contributed by atoms with Crippen LogP contribution >= 0.6 is 11.6 Å². The minimum atomic E-state index is -5.26. The predicted molar refractivity (Wildman–Crippen MR) is 119 cm³/mol. The average molecular weight is 514 g/mol. The number of anilines is 1. The molecule has 0 unspecified atom stereocenters. The standard InChI is InChI=1S/C22H20ClF4N5O3/c23-16-12-15(9-10-17(16)24)29-20(32-34-21(33)22(25,26)27)19-18(30-35-31-19)13-28-11-5-4-8-14-6-2-1-3-7-14/h1-3,6-7,9-10,12,28H,4-5,8,11,13H2,(H,29,32). The molecule has 186 valence electrons. The van der Waals surface area contributed by atoms with Crippen molar-refractivity contribution in [3.63, 3.8) is 0 Å². The van der Waals surface area contributed by atoms with E-state index in [1.165, 1.54) is 11.6 Å². The van der Waals surface area contributed by atoms with Crippen LogP contribution in [0.25, 0.3) is 0 Å². The summed E-state index contributed by atoms with van der Waals surface area (Å²) in [6, 6.07) is 13.5. The molecular weight excluding hydrogens is 494 g/mol. The van der Waals surface area contributed by atoms with Gasteiger partial charge in [-0.1, -0.05) is 52.2 Å². The van der Waals surface area contributed by atoms with Crippen molar-refractivity contribution < 1.29 is 31.8 Å². The Morgan fingerprint density at radius 1 is 1.11 bits per heavy atom. The molecule has 2 N–H and O–H groups in total. The summed E-state index contributed by atoms with van der Waals surface area (Å²) in [5, 5.41) is 16.1. The largest absolute Gasteiger partial charge is 0.493 e. The molecule has 0 radical (unpaired) electrons. The first-order valence-corrected chi connectivity index (χ1v) is 10.8. The quantitative estimate of drug-likeness (QED) is 0.0997. The summed E-state index contributed by atoms with van der Waals surface area (Å²) in [4.78, 5) is 15.1. The molecule has 0 saturated heterocycles. The first-order chi connectivity index (χ1) is 16.7. The molecule has 1 heterocycles. The number of hydrogen-bond donors (Lipinski definition) is 2. The lowest BCUT2D eigenvalue weighted by Crippen LogP contribution is -2.26. The van der Waals surface area contributed by atoms with Crippen LogP contribution in [0.1, 0.15) is 29.8 Å². The highest BCUT2D eigenvalue weighted by atomic mass is 35.5. The van der Waals surface area contributed by atoms with Gasteiger partial charge in [0, 0.05) is 12.2 Å². The number of carbonyl (C=O) groups is 1. The summed E-state index contributed by atoms with van der Waals surface area (Å²) in [5.74, 6) is -3.67. The maximum atomic E-state index is 13.5. The first kappa shape index (κ1) is 26.1. The molecule has 13 heteroatoms. The lowest BCUT2D eigenvalue weighted by Gasteiger charge is -2.10. The topological polar surface area (TPSA) is 102 Å². The van der Waals surface area contributed by atoms with Crippen LogP contribution < -0.4 is 10.6 Å². The Morgan fingerprint density at radius 2 is 1.89 bits per heavy atom. The van der Waals surface area contributed by atoms with Crippen LogP contribution in [-0.2, 0) is 22.6 Å². The van der Waals surface area contributed by atoms with Crippen molar-refractivity contribution >= 4 is 29.1 Å². The van der Waals surface area contributed by atoms with Gasteiger partial charge >= 0.3 is 12.1 Å². The van der Waals surface area contributed by atoms with Gasteiger partial charge in [0.1, 0.15) is 11.5 Å². The fraction of sp³-hybridized carbons (Fsp3) is 0.273. The Labute approximate surface area is 202 Å². The highest BCUT2D eigenvalue weighted by Crippen LogP contribution is 2.21. The second-order valence-electron chi connectivity index (χ2n) is 7.25. The zero-order valence-corrected chi connectivity index (χ0v) is 18.9. The minimum Gasteiger partial charge on any atom is -0.335 e. The van der Waals surface area contributed by atoms with Gasteiger partial charge in [-0.15, -0.1) is 0 Å². The van der Waals surface area contributed by atoms with E-state index < -0.39 is 23.8 Å². The van der Waals surface area contributed by atoms with Crippen molar-refractivity contribution in [3.05, 3.63) is 76.3 Å². The maximum Gasteiger partial charge on any atom is 0.493 e. The number of amidine groups is 1. The number of carbonyl (C=O) groups excluding carboxylic acids is 1.